The van der Waals surface area contributed by atoms with Crippen LogP contribution in [0.3, 0.4) is 0 Å². The SMILES string of the molecule is COc1ccc(CCN(C(=O)Cc2ccccc2)c2ccc(OC)c(OC)c2)cc1OC. The number of anilines is 1. The summed E-state index contributed by atoms with van der Waals surface area (Å²) in [4.78, 5) is 15.1. The average Bonchev–Trinajstić information content (AvgIpc) is 2.84. The van der Waals surface area contributed by atoms with Crippen molar-refractivity contribution in [1.82, 2.24) is 0 Å². The summed E-state index contributed by atoms with van der Waals surface area (Å²) in [6.07, 6.45) is 0.955. The lowest BCUT2D eigenvalue weighted by Gasteiger charge is -2.24. The van der Waals surface area contributed by atoms with E-state index in [1.807, 2.05) is 66.7 Å². The number of carbonyl (C=O) groups is 1. The maximum atomic E-state index is 13.3. The van der Waals surface area contributed by atoms with Crippen molar-refractivity contribution in [3.8, 4) is 23.0 Å². The molecule has 0 fully saturated rings. The van der Waals surface area contributed by atoms with E-state index < -0.39 is 0 Å². The zero-order valence-corrected chi connectivity index (χ0v) is 19.0. The summed E-state index contributed by atoms with van der Waals surface area (Å²) in [7, 11) is 6.40. The average molecular weight is 436 g/mol. The molecular weight excluding hydrogens is 406 g/mol. The van der Waals surface area contributed by atoms with E-state index in [0.29, 0.717) is 42.4 Å². The van der Waals surface area contributed by atoms with E-state index in [-0.39, 0.29) is 5.91 Å². The molecule has 0 atom stereocenters. The van der Waals surface area contributed by atoms with Gasteiger partial charge in [0.05, 0.1) is 34.9 Å². The Kier molecular flexibility index (Phi) is 7.97. The Bertz CT molecular complexity index is 1040. The second-order valence-corrected chi connectivity index (χ2v) is 7.19. The van der Waals surface area contributed by atoms with Crippen molar-refractivity contribution >= 4 is 11.6 Å². The first kappa shape index (κ1) is 23.0. The molecule has 0 aliphatic carbocycles. The summed E-state index contributed by atoms with van der Waals surface area (Å²) in [5.74, 6) is 2.54. The number of rotatable bonds is 10. The third kappa shape index (κ3) is 5.52. The minimum absolute atomic E-state index is 0.00361. The maximum absolute atomic E-state index is 13.3. The van der Waals surface area contributed by atoms with Crippen LogP contribution >= 0.6 is 0 Å². The molecule has 0 unspecified atom stereocenters. The Morgan fingerprint density at radius 1 is 0.688 bits per heavy atom. The van der Waals surface area contributed by atoms with Gasteiger partial charge in [0, 0.05) is 18.3 Å². The first-order valence-electron chi connectivity index (χ1n) is 10.4. The van der Waals surface area contributed by atoms with Crippen LogP contribution in [0.4, 0.5) is 5.69 Å². The molecule has 0 heterocycles. The summed E-state index contributed by atoms with van der Waals surface area (Å²) in [5.41, 5.74) is 2.76. The number of methoxy groups -OCH3 is 4. The van der Waals surface area contributed by atoms with Crippen molar-refractivity contribution in [3.05, 3.63) is 77.9 Å². The molecule has 3 rings (SSSR count). The maximum Gasteiger partial charge on any atom is 0.231 e. The van der Waals surface area contributed by atoms with Gasteiger partial charge >= 0.3 is 0 Å². The zero-order valence-electron chi connectivity index (χ0n) is 19.0. The fourth-order valence-electron chi connectivity index (χ4n) is 3.53. The fourth-order valence-corrected chi connectivity index (χ4v) is 3.53. The number of benzene rings is 3. The van der Waals surface area contributed by atoms with Gasteiger partial charge in [0.2, 0.25) is 5.91 Å². The topological polar surface area (TPSA) is 57.2 Å². The van der Waals surface area contributed by atoms with E-state index in [4.69, 9.17) is 18.9 Å². The highest BCUT2D eigenvalue weighted by atomic mass is 16.5. The molecule has 3 aromatic carbocycles. The lowest BCUT2D eigenvalue weighted by molar-refractivity contribution is -0.118. The number of hydrogen-bond donors (Lipinski definition) is 0. The Labute approximate surface area is 189 Å². The van der Waals surface area contributed by atoms with E-state index in [2.05, 4.69) is 0 Å². The van der Waals surface area contributed by atoms with Crippen molar-refractivity contribution < 1.29 is 23.7 Å². The van der Waals surface area contributed by atoms with Crippen molar-refractivity contribution in [2.24, 2.45) is 0 Å². The fraction of sp³-hybridized carbons (Fsp3) is 0.269. The van der Waals surface area contributed by atoms with Crippen LogP contribution < -0.4 is 23.8 Å². The van der Waals surface area contributed by atoms with Crippen molar-refractivity contribution in [3.63, 3.8) is 0 Å². The minimum Gasteiger partial charge on any atom is -0.493 e. The van der Waals surface area contributed by atoms with Gasteiger partial charge in [0.1, 0.15) is 0 Å². The predicted octanol–water partition coefficient (Wildman–Crippen LogP) is 4.54. The zero-order chi connectivity index (χ0) is 22.9. The molecule has 0 aliphatic heterocycles. The second-order valence-electron chi connectivity index (χ2n) is 7.19. The normalized spacial score (nSPS) is 10.4. The largest absolute Gasteiger partial charge is 0.493 e. The third-order valence-electron chi connectivity index (χ3n) is 5.25. The van der Waals surface area contributed by atoms with Crippen LogP contribution in [0.1, 0.15) is 11.1 Å². The minimum atomic E-state index is 0.00361. The van der Waals surface area contributed by atoms with Crippen LogP contribution in [0, 0.1) is 0 Å². The summed E-state index contributed by atoms with van der Waals surface area (Å²) >= 11 is 0. The second kappa shape index (κ2) is 11.1. The number of nitrogens with zero attached hydrogens (tertiary/aromatic N) is 1. The van der Waals surface area contributed by atoms with Gasteiger partial charge in [-0.25, -0.2) is 0 Å². The molecule has 32 heavy (non-hydrogen) atoms. The molecule has 6 nitrogen and oxygen atoms in total. The quantitative estimate of drug-likeness (QED) is 0.468. The number of ether oxygens (including phenoxy) is 4. The van der Waals surface area contributed by atoms with E-state index >= 15 is 0 Å². The van der Waals surface area contributed by atoms with Gasteiger partial charge < -0.3 is 23.8 Å². The number of amides is 1. The highest BCUT2D eigenvalue weighted by Gasteiger charge is 2.19. The van der Waals surface area contributed by atoms with Gasteiger partial charge in [-0.05, 0) is 41.8 Å². The molecule has 0 bridgehead atoms. The molecule has 3 aromatic rings. The third-order valence-corrected chi connectivity index (χ3v) is 5.25. The lowest BCUT2D eigenvalue weighted by atomic mass is 10.1. The van der Waals surface area contributed by atoms with Gasteiger partial charge in [-0.15, -0.1) is 0 Å². The van der Waals surface area contributed by atoms with Crippen LogP contribution in [0.2, 0.25) is 0 Å². The summed E-state index contributed by atoms with van der Waals surface area (Å²) < 4.78 is 21.5. The van der Waals surface area contributed by atoms with Crippen molar-refractivity contribution in [1.29, 1.82) is 0 Å². The molecular formula is C26H29NO5. The standard InChI is InChI=1S/C26H29NO5/c1-29-22-12-10-20(16-24(22)31-3)14-15-27(26(28)17-19-8-6-5-7-9-19)21-11-13-23(30-2)25(18-21)32-4/h5-13,16,18H,14-15,17H2,1-4H3. The van der Waals surface area contributed by atoms with Crippen LogP contribution in [-0.2, 0) is 17.6 Å². The molecule has 0 saturated heterocycles. The van der Waals surface area contributed by atoms with Crippen LogP contribution in [-0.4, -0.2) is 40.9 Å². The molecule has 0 spiro atoms. The molecule has 0 aliphatic rings. The highest BCUT2D eigenvalue weighted by Crippen LogP contribution is 2.32. The molecule has 0 aromatic heterocycles. The van der Waals surface area contributed by atoms with E-state index in [0.717, 1.165) is 16.8 Å². The first-order valence-corrected chi connectivity index (χ1v) is 10.4. The molecule has 6 heteroatoms. The van der Waals surface area contributed by atoms with Gasteiger partial charge in [0.25, 0.3) is 0 Å². The summed E-state index contributed by atoms with van der Waals surface area (Å²) in [6, 6.07) is 21.0. The smallest absolute Gasteiger partial charge is 0.231 e. The van der Waals surface area contributed by atoms with Crippen molar-refractivity contribution in [2.75, 3.05) is 39.9 Å². The Morgan fingerprint density at radius 2 is 1.28 bits per heavy atom. The molecule has 0 saturated carbocycles. The van der Waals surface area contributed by atoms with E-state index in [1.54, 1.807) is 33.3 Å². The van der Waals surface area contributed by atoms with E-state index in [1.165, 1.54) is 0 Å². The predicted molar refractivity (Wildman–Crippen MR) is 125 cm³/mol. The van der Waals surface area contributed by atoms with Crippen LogP contribution in [0.15, 0.2) is 66.7 Å². The Balaban J connectivity index is 1.87. The van der Waals surface area contributed by atoms with Crippen molar-refractivity contribution in [2.45, 2.75) is 12.8 Å². The van der Waals surface area contributed by atoms with Gasteiger partial charge in [-0.3, -0.25) is 4.79 Å². The summed E-state index contributed by atoms with van der Waals surface area (Å²) in [5, 5.41) is 0. The molecule has 0 radical (unpaired) electrons. The summed E-state index contributed by atoms with van der Waals surface area (Å²) in [6.45, 7) is 0.497. The first-order chi connectivity index (χ1) is 15.6. The molecule has 168 valence electrons. The van der Waals surface area contributed by atoms with E-state index in [9.17, 15) is 4.79 Å². The molecule has 0 N–H and O–H groups in total. The highest BCUT2D eigenvalue weighted by molar-refractivity contribution is 5.95. The van der Waals surface area contributed by atoms with Gasteiger partial charge in [-0.2, -0.15) is 0 Å². The monoisotopic (exact) mass is 435 g/mol. The number of hydrogen-bond acceptors (Lipinski definition) is 5. The number of carbonyl (C=O) groups excluding carboxylic acids is 1. The molecule has 1 amide bonds. The van der Waals surface area contributed by atoms with Gasteiger partial charge in [-0.1, -0.05) is 36.4 Å². The van der Waals surface area contributed by atoms with Crippen LogP contribution in [0.25, 0.3) is 0 Å². The Hall–Kier alpha value is -3.67. The van der Waals surface area contributed by atoms with Gasteiger partial charge in [0.15, 0.2) is 23.0 Å². The Morgan fingerprint density at radius 3 is 1.91 bits per heavy atom. The van der Waals surface area contributed by atoms with Crippen LogP contribution in [0.5, 0.6) is 23.0 Å². The lowest BCUT2D eigenvalue weighted by Crippen LogP contribution is -2.34.